The second-order valence-electron chi connectivity index (χ2n) is 6.65. The zero-order chi connectivity index (χ0) is 20.6. The molecule has 146 valence electrons. The average molecular weight is 465 g/mol. The number of carbonyl (C=O) groups excluding carboxylic acids is 1. The fraction of sp³-hybridized carbons (Fsp3) is 0.238. The third-order valence-corrected chi connectivity index (χ3v) is 5.67. The number of nitrogens with zero attached hydrogens (tertiary/aromatic N) is 1. The molecular weight excluding hydrogens is 446 g/mol. The third kappa shape index (κ3) is 3.54. The summed E-state index contributed by atoms with van der Waals surface area (Å²) in [7, 11) is 0. The number of fused-ring (bicyclic) bond motifs is 1. The monoisotopic (exact) mass is 463 g/mol. The molecule has 1 heterocycles. The minimum absolute atomic E-state index is 0.101. The molecule has 0 saturated heterocycles. The summed E-state index contributed by atoms with van der Waals surface area (Å²) in [5.74, 6) is -2.19. The Balaban J connectivity index is 2.32. The van der Waals surface area contributed by atoms with E-state index in [9.17, 15) is 19.8 Å². The second-order valence-corrected chi connectivity index (χ2v) is 7.97. The van der Waals surface area contributed by atoms with Gasteiger partial charge in [0.2, 0.25) is 0 Å². The normalized spacial score (nSPS) is 12.3. The van der Waals surface area contributed by atoms with Gasteiger partial charge in [0.05, 0.1) is 16.5 Å². The minimum Gasteiger partial charge on any atom is -0.506 e. The predicted octanol–water partition coefficient (Wildman–Crippen LogP) is 5.73. The predicted molar refractivity (Wildman–Crippen MR) is 113 cm³/mol. The first-order valence-corrected chi connectivity index (χ1v) is 9.99. The van der Waals surface area contributed by atoms with Crippen LogP contribution >= 0.6 is 27.5 Å². The van der Waals surface area contributed by atoms with Gasteiger partial charge in [0.25, 0.3) is 5.91 Å². The van der Waals surface area contributed by atoms with Crippen molar-refractivity contribution in [2.24, 2.45) is 0 Å². The Labute approximate surface area is 175 Å². The fourth-order valence-corrected chi connectivity index (χ4v) is 3.97. The second kappa shape index (κ2) is 7.97. The maximum absolute atomic E-state index is 13.2. The summed E-state index contributed by atoms with van der Waals surface area (Å²) < 4.78 is 2.32. The Bertz CT molecular complexity index is 1070. The molecule has 28 heavy (non-hydrogen) atoms. The number of aromatic hydroxyl groups is 1. The summed E-state index contributed by atoms with van der Waals surface area (Å²) >= 11 is 9.45. The number of carbonyl (C=O) groups is 2. The van der Waals surface area contributed by atoms with Crippen molar-refractivity contribution in [3.05, 3.63) is 62.7 Å². The van der Waals surface area contributed by atoms with E-state index in [-0.39, 0.29) is 16.7 Å². The van der Waals surface area contributed by atoms with Gasteiger partial charge >= 0.3 is 5.97 Å². The lowest BCUT2D eigenvalue weighted by Gasteiger charge is -2.13. The first kappa shape index (κ1) is 20.4. The number of hydrogen-bond acceptors (Lipinski definition) is 3. The molecule has 1 aromatic heterocycles. The van der Waals surface area contributed by atoms with Crippen LogP contribution in [0.1, 0.15) is 47.3 Å². The van der Waals surface area contributed by atoms with Gasteiger partial charge in [-0.25, -0.2) is 0 Å². The molecule has 0 bridgehead atoms. The lowest BCUT2D eigenvalue weighted by Crippen LogP contribution is -2.16. The van der Waals surface area contributed by atoms with Gasteiger partial charge in [-0.2, -0.15) is 0 Å². The Kier molecular flexibility index (Phi) is 5.82. The molecule has 0 radical (unpaired) electrons. The van der Waals surface area contributed by atoms with Crippen molar-refractivity contribution >= 4 is 50.3 Å². The number of phenolic OH excluding ortho intramolecular Hbond substituents is 1. The Morgan fingerprint density at radius 2 is 1.86 bits per heavy atom. The first-order chi connectivity index (χ1) is 13.3. The van der Waals surface area contributed by atoms with Crippen LogP contribution in [0, 0.1) is 6.92 Å². The molecule has 3 rings (SSSR count). The smallest absolute Gasteiger partial charge is 0.311 e. The Morgan fingerprint density at radius 3 is 2.43 bits per heavy atom. The number of rotatable bonds is 5. The van der Waals surface area contributed by atoms with E-state index in [1.807, 2.05) is 6.92 Å². The largest absolute Gasteiger partial charge is 0.506 e. The number of benzene rings is 2. The molecule has 2 aromatic carbocycles. The SMILES string of the molecule is CCCC(C(=O)O)c1c(C)n(C(=O)c2ccc(Br)cc2)c2cc(Cl)c(O)cc12. The highest BCUT2D eigenvalue weighted by Gasteiger charge is 2.29. The number of phenols is 1. The van der Waals surface area contributed by atoms with Crippen molar-refractivity contribution < 1.29 is 19.8 Å². The molecule has 0 fully saturated rings. The van der Waals surface area contributed by atoms with E-state index in [2.05, 4.69) is 15.9 Å². The molecule has 2 N–H and O–H groups in total. The van der Waals surface area contributed by atoms with Crippen LogP contribution in [0.3, 0.4) is 0 Å². The van der Waals surface area contributed by atoms with E-state index in [1.54, 1.807) is 31.2 Å². The lowest BCUT2D eigenvalue weighted by molar-refractivity contribution is -0.139. The summed E-state index contributed by atoms with van der Waals surface area (Å²) in [6.07, 6.45) is 1.09. The van der Waals surface area contributed by atoms with Crippen molar-refractivity contribution in [2.45, 2.75) is 32.6 Å². The first-order valence-electron chi connectivity index (χ1n) is 8.82. The van der Waals surface area contributed by atoms with Gasteiger partial charge in [-0.15, -0.1) is 0 Å². The van der Waals surface area contributed by atoms with E-state index in [4.69, 9.17) is 11.6 Å². The molecular formula is C21H19BrClNO4. The van der Waals surface area contributed by atoms with E-state index in [0.717, 1.165) is 4.47 Å². The molecule has 5 nitrogen and oxygen atoms in total. The Hall–Kier alpha value is -2.31. The summed E-state index contributed by atoms with van der Waals surface area (Å²) in [6.45, 7) is 3.63. The molecule has 0 aliphatic rings. The molecule has 0 aliphatic heterocycles. The molecule has 0 spiro atoms. The molecule has 0 amide bonds. The highest BCUT2D eigenvalue weighted by molar-refractivity contribution is 9.10. The van der Waals surface area contributed by atoms with Crippen molar-refractivity contribution in [2.75, 3.05) is 0 Å². The van der Waals surface area contributed by atoms with E-state index >= 15 is 0 Å². The zero-order valence-corrected chi connectivity index (χ0v) is 17.7. The quantitative estimate of drug-likeness (QED) is 0.505. The van der Waals surface area contributed by atoms with Crippen LogP contribution in [0.5, 0.6) is 5.75 Å². The minimum atomic E-state index is -0.963. The highest BCUT2D eigenvalue weighted by atomic mass is 79.9. The molecule has 0 aliphatic carbocycles. The van der Waals surface area contributed by atoms with Crippen LogP contribution in [-0.4, -0.2) is 26.7 Å². The van der Waals surface area contributed by atoms with Gasteiger partial charge < -0.3 is 10.2 Å². The van der Waals surface area contributed by atoms with Crippen molar-refractivity contribution in [1.82, 2.24) is 4.57 Å². The van der Waals surface area contributed by atoms with Gasteiger partial charge in [-0.05, 0) is 55.3 Å². The number of halogens is 2. The van der Waals surface area contributed by atoms with Crippen LogP contribution in [-0.2, 0) is 4.79 Å². The van der Waals surface area contributed by atoms with Crippen molar-refractivity contribution in [3.8, 4) is 5.75 Å². The van der Waals surface area contributed by atoms with Crippen molar-refractivity contribution in [1.29, 1.82) is 0 Å². The molecule has 7 heteroatoms. The van der Waals surface area contributed by atoms with Crippen molar-refractivity contribution in [3.63, 3.8) is 0 Å². The number of aromatic nitrogens is 1. The summed E-state index contributed by atoms with van der Waals surface area (Å²) in [6, 6.07) is 9.87. The van der Waals surface area contributed by atoms with Crippen LogP contribution in [0.4, 0.5) is 0 Å². The van der Waals surface area contributed by atoms with Crippen LogP contribution in [0.2, 0.25) is 5.02 Å². The lowest BCUT2D eigenvalue weighted by atomic mass is 9.92. The molecule has 0 saturated carbocycles. The highest BCUT2D eigenvalue weighted by Crippen LogP contribution is 2.39. The van der Waals surface area contributed by atoms with Gasteiger partial charge in [-0.3, -0.25) is 14.2 Å². The fourth-order valence-electron chi connectivity index (χ4n) is 3.55. The molecule has 3 aromatic rings. The molecule has 1 unspecified atom stereocenters. The van der Waals surface area contributed by atoms with Crippen LogP contribution < -0.4 is 0 Å². The topological polar surface area (TPSA) is 79.5 Å². The van der Waals surface area contributed by atoms with E-state index in [1.165, 1.54) is 16.7 Å². The zero-order valence-electron chi connectivity index (χ0n) is 15.4. The van der Waals surface area contributed by atoms with E-state index < -0.39 is 11.9 Å². The van der Waals surface area contributed by atoms with Crippen LogP contribution in [0.15, 0.2) is 40.9 Å². The average Bonchev–Trinajstić information content (AvgIpc) is 2.91. The summed E-state index contributed by atoms with van der Waals surface area (Å²) in [4.78, 5) is 25.2. The summed E-state index contributed by atoms with van der Waals surface area (Å²) in [5.41, 5.74) is 2.00. The van der Waals surface area contributed by atoms with Gasteiger partial charge in [0.15, 0.2) is 0 Å². The Morgan fingerprint density at radius 1 is 1.21 bits per heavy atom. The maximum atomic E-state index is 13.2. The van der Waals surface area contributed by atoms with Gasteiger partial charge in [0, 0.05) is 21.1 Å². The number of hydrogen-bond donors (Lipinski definition) is 2. The van der Waals surface area contributed by atoms with E-state index in [0.29, 0.717) is 40.6 Å². The summed E-state index contributed by atoms with van der Waals surface area (Å²) in [5, 5.41) is 20.5. The standard InChI is InChI=1S/C21H19BrClNO4/c1-3-4-14(21(27)28)19-11(2)24(17-10-16(23)18(25)9-15(17)19)20(26)12-5-7-13(22)8-6-12/h5-10,14,25H,3-4H2,1-2H3,(H,27,28). The third-order valence-electron chi connectivity index (χ3n) is 4.84. The molecule has 1 atom stereocenters. The number of aliphatic carboxylic acids is 1. The number of carboxylic acids is 1. The van der Waals surface area contributed by atoms with Gasteiger partial charge in [-0.1, -0.05) is 40.9 Å². The number of carboxylic acid groups (broad SMARTS) is 1. The van der Waals surface area contributed by atoms with Gasteiger partial charge in [0.1, 0.15) is 5.75 Å². The van der Waals surface area contributed by atoms with Crippen LogP contribution in [0.25, 0.3) is 10.9 Å². The maximum Gasteiger partial charge on any atom is 0.311 e.